The quantitative estimate of drug-likeness (QED) is 0.0618. The fourth-order valence-corrected chi connectivity index (χ4v) is 5.81. The van der Waals surface area contributed by atoms with E-state index in [-0.39, 0.29) is 99.0 Å². The van der Waals surface area contributed by atoms with Crippen LogP contribution < -0.4 is 41.0 Å². The molecule has 0 aliphatic heterocycles. The van der Waals surface area contributed by atoms with Crippen LogP contribution in [-0.4, -0.2) is 70.2 Å². The SMILES string of the molecule is Cc1c(COc2nc(OCCC(N)=O)c(CNCC(=O)O)cc2Cl)cccc1-c1cccc(COc2nc(OCCC(N)=O)c(CNCC(=O)O)cc2Cl)c1C. The average Bonchev–Trinajstić information content (AvgIpc) is 3.12. The van der Waals surface area contributed by atoms with Crippen molar-refractivity contribution in [2.75, 3.05) is 26.3 Å². The summed E-state index contributed by atoms with van der Waals surface area (Å²) in [5.41, 5.74) is 16.9. The van der Waals surface area contributed by atoms with Crippen molar-refractivity contribution >= 4 is 47.0 Å². The molecule has 0 radical (unpaired) electrons. The summed E-state index contributed by atoms with van der Waals surface area (Å²) in [6, 6.07) is 14.8. The Hall–Kier alpha value is -5.68. The summed E-state index contributed by atoms with van der Waals surface area (Å²) >= 11 is 13.1. The molecule has 0 unspecified atom stereocenters. The lowest BCUT2D eigenvalue weighted by Gasteiger charge is -2.18. The van der Waals surface area contributed by atoms with E-state index >= 15 is 0 Å². The largest absolute Gasteiger partial charge is 0.480 e. The summed E-state index contributed by atoms with van der Waals surface area (Å²) in [6.45, 7) is 3.64. The number of aromatic nitrogens is 2. The number of carboxylic acid groups (broad SMARTS) is 2. The molecular weight excluding hydrogens is 771 g/mol. The van der Waals surface area contributed by atoms with Crippen LogP contribution in [0.4, 0.5) is 0 Å². The van der Waals surface area contributed by atoms with Gasteiger partial charge in [-0.1, -0.05) is 59.6 Å². The Morgan fingerprint density at radius 2 is 1.02 bits per heavy atom. The number of aliphatic carboxylic acids is 2. The highest BCUT2D eigenvalue weighted by Crippen LogP contribution is 2.34. The highest BCUT2D eigenvalue weighted by atomic mass is 35.5. The molecule has 56 heavy (non-hydrogen) atoms. The zero-order chi connectivity index (χ0) is 40.8. The molecular formula is C38H42Cl2N6O10. The normalized spacial score (nSPS) is 10.9. The molecule has 298 valence electrons. The number of nitrogens with zero attached hydrogens (tertiary/aromatic N) is 2. The summed E-state index contributed by atoms with van der Waals surface area (Å²) in [7, 11) is 0. The van der Waals surface area contributed by atoms with Gasteiger partial charge in [-0.3, -0.25) is 19.2 Å². The van der Waals surface area contributed by atoms with E-state index in [0.29, 0.717) is 11.1 Å². The van der Waals surface area contributed by atoms with Gasteiger partial charge < -0.3 is 51.3 Å². The Morgan fingerprint density at radius 3 is 1.38 bits per heavy atom. The fraction of sp³-hybridized carbons (Fsp3) is 0.316. The smallest absolute Gasteiger partial charge is 0.317 e. The summed E-state index contributed by atoms with van der Waals surface area (Å²) in [4.78, 5) is 53.4. The minimum Gasteiger partial charge on any atom is -0.480 e. The number of ether oxygens (including phenoxy) is 4. The predicted octanol–water partition coefficient (Wildman–Crippen LogP) is 4.08. The number of nitrogens with two attached hydrogens (primary N) is 2. The molecule has 0 saturated heterocycles. The maximum absolute atomic E-state index is 11.3. The van der Waals surface area contributed by atoms with Crippen molar-refractivity contribution in [3.8, 4) is 34.6 Å². The Morgan fingerprint density at radius 1 is 0.625 bits per heavy atom. The molecule has 8 N–H and O–H groups in total. The van der Waals surface area contributed by atoms with Crippen LogP contribution >= 0.6 is 23.2 Å². The first-order valence-corrected chi connectivity index (χ1v) is 18.0. The number of rotatable bonds is 23. The second kappa shape index (κ2) is 20.8. The fourth-order valence-electron chi connectivity index (χ4n) is 5.35. The maximum Gasteiger partial charge on any atom is 0.317 e. The van der Waals surface area contributed by atoms with Gasteiger partial charge in [0.1, 0.15) is 23.3 Å². The summed E-state index contributed by atoms with van der Waals surface area (Å²) in [5, 5.41) is 23.9. The molecule has 0 spiro atoms. The molecule has 0 aliphatic rings. The predicted molar refractivity (Wildman–Crippen MR) is 206 cm³/mol. The van der Waals surface area contributed by atoms with Crippen molar-refractivity contribution < 1.29 is 48.3 Å². The van der Waals surface area contributed by atoms with E-state index in [1.807, 2.05) is 50.2 Å². The van der Waals surface area contributed by atoms with E-state index < -0.39 is 23.8 Å². The number of carbonyl (C=O) groups is 4. The molecule has 2 heterocycles. The molecule has 4 rings (SSSR count). The molecule has 16 nitrogen and oxygen atoms in total. The van der Waals surface area contributed by atoms with Crippen LogP contribution in [0.1, 0.15) is 46.2 Å². The minimum absolute atomic E-state index is 0.0441. The number of nitrogens with one attached hydrogen (secondary N) is 2. The lowest BCUT2D eigenvalue weighted by Crippen LogP contribution is -2.22. The maximum atomic E-state index is 11.3. The Kier molecular flexibility index (Phi) is 16.0. The van der Waals surface area contributed by atoms with E-state index in [1.54, 1.807) is 12.1 Å². The molecule has 18 heteroatoms. The second-order valence-corrected chi connectivity index (χ2v) is 13.2. The van der Waals surface area contributed by atoms with Crippen LogP contribution in [0.15, 0.2) is 48.5 Å². The molecule has 0 saturated carbocycles. The van der Waals surface area contributed by atoms with Crippen LogP contribution in [0, 0.1) is 13.8 Å². The van der Waals surface area contributed by atoms with Crippen molar-refractivity contribution in [2.24, 2.45) is 11.5 Å². The number of primary amides is 2. The number of halogens is 2. The van der Waals surface area contributed by atoms with Gasteiger partial charge in [0.05, 0.1) is 39.1 Å². The highest BCUT2D eigenvalue weighted by Gasteiger charge is 2.18. The number of pyridine rings is 2. The first-order valence-electron chi connectivity index (χ1n) is 17.2. The van der Waals surface area contributed by atoms with Crippen molar-refractivity contribution in [3.05, 3.63) is 92.0 Å². The van der Waals surface area contributed by atoms with Crippen LogP contribution in [0.5, 0.6) is 23.5 Å². The zero-order valence-electron chi connectivity index (χ0n) is 30.7. The van der Waals surface area contributed by atoms with E-state index in [1.165, 1.54) is 0 Å². The van der Waals surface area contributed by atoms with Gasteiger partial charge in [-0.25, -0.2) is 0 Å². The summed E-state index contributed by atoms with van der Waals surface area (Å²) in [5.74, 6) is -2.78. The van der Waals surface area contributed by atoms with Gasteiger partial charge in [0, 0.05) is 24.2 Å². The molecule has 0 aliphatic carbocycles. The molecule has 0 bridgehead atoms. The number of hydrogen-bond donors (Lipinski definition) is 6. The van der Waals surface area contributed by atoms with Crippen LogP contribution in [-0.2, 0) is 45.5 Å². The van der Waals surface area contributed by atoms with E-state index in [0.717, 1.165) is 33.4 Å². The number of carboxylic acids is 2. The van der Waals surface area contributed by atoms with Crippen LogP contribution in [0.2, 0.25) is 10.0 Å². The molecule has 2 amide bonds. The molecule has 2 aromatic heterocycles. The summed E-state index contributed by atoms with van der Waals surface area (Å²) < 4.78 is 23.5. The Balaban J connectivity index is 1.52. The Bertz CT molecular complexity index is 1920. The number of benzene rings is 2. The standard InChI is InChI=1S/C38H42Cl2N6O10/c1-21-23(19-55-37-29(39)13-25(15-43-17-33(49)50)35(45-37)53-11-9-31(41)47)5-3-7-27(21)28-8-4-6-24(22(28)2)20-56-38-30(40)14-26(16-44-18-34(51)52)36(46-38)54-12-10-32(42)48/h3-8,13-14,43-44H,9-12,15-20H2,1-2H3,(H2,41,47)(H2,42,48)(H,49,50)(H,51,52). The average molecular weight is 814 g/mol. The van der Waals surface area contributed by atoms with Gasteiger partial charge in [-0.05, 0) is 59.4 Å². The monoisotopic (exact) mass is 812 g/mol. The van der Waals surface area contributed by atoms with Gasteiger partial charge in [-0.15, -0.1) is 0 Å². The molecule has 4 aromatic rings. The van der Waals surface area contributed by atoms with Crippen LogP contribution in [0.25, 0.3) is 11.1 Å². The second-order valence-electron chi connectivity index (χ2n) is 12.4. The van der Waals surface area contributed by atoms with Crippen molar-refractivity contribution in [1.29, 1.82) is 0 Å². The van der Waals surface area contributed by atoms with Crippen LogP contribution in [0.3, 0.4) is 0 Å². The van der Waals surface area contributed by atoms with Crippen molar-refractivity contribution in [1.82, 2.24) is 20.6 Å². The lowest BCUT2D eigenvalue weighted by atomic mass is 9.92. The van der Waals surface area contributed by atoms with Crippen molar-refractivity contribution in [2.45, 2.75) is 53.0 Å². The third-order valence-electron chi connectivity index (χ3n) is 8.23. The summed E-state index contributed by atoms with van der Waals surface area (Å²) in [6.07, 6.45) is -0.103. The van der Waals surface area contributed by atoms with Crippen molar-refractivity contribution in [3.63, 3.8) is 0 Å². The molecule has 0 atom stereocenters. The van der Waals surface area contributed by atoms with Gasteiger partial charge in [0.2, 0.25) is 35.3 Å². The Labute approximate surface area is 332 Å². The van der Waals surface area contributed by atoms with E-state index in [2.05, 4.69) is 20.6 Å². The zero-order valence-corrected chi connectivity index (χ0v) is 32.2. The van der Waals surface area contributed by atoms with Gasteiger partial charge in [-0.2, -0.15) is 9.97 Å². The third-order valence-corrected chi connectivity index (χ3v) is 8.78. The first kappa shape index (κ1) is 43.1. The topological polar surface area (TPSA) is 248 Å². The van der Waals surface area contributed by atoms with Gasteiger partial charge in [0.25, 0.3) is 0 Å². The first-order chi connectivity index (χ1) is 26.7. The van der Waals surface area contributed by atoms with E-state index in [4.69, 9.17) is 63.8 Å². The van der Waals surface area contributed by atoms with Gasteiger partial charge >= 0.3 is 11.9 Å². The third kappa shape index (κ3) is 12.7. The molecule has 2 aromatic carbocycles. The van der Waals surface area contributed by atoms with Gasteiger partial charge in [0.15, 0.2) is 0 Å². The molecule has 0 fully saturated rings. The number of hydrogen-bond acceptors (Lipinski definition) is 12. The lowest BCUT2D eigenvalue weighted by molar-refractivity contribution is -0.137. The number of amides is 2. The number of carbonyl (C=O) groups excluding carboxylic acids is 2. The highest BCUT2D eigenvalue weighted by molar-refractivity contribution is 6.32. The van der Waals surface area contributed by atoms with E-state index in [9.17, 15) is 19.2 Å². The minimum atomic E-state index is -1.04.